The van der Waals surface area contributed by atoms with Gasteiger partial charge in [0.15, 0.2) is 0 Å². The Morgan fingerprint density at radius 3 is 2.59 bits per heavy atom. The summed E-state index contributed by atoms with van der Waals surface area (Å²) < 4.78 is 24.1. The van der Waals surface area contributed by atoms with Crippen molar-refractivity contribution in [2.24, 2.45) is 0 Å². The first-order chi connectivity index (χ1) is 13.1. The minimum atomic E-state index is -0.411. The summed E-state index contributed by atoms with van der Waals surface area (Å²) >= 11 is 0. The van der Waals surface area contributed by atoms with E-state index < -0.39 is 5.82 Å². The Bertz CT molecular complexity index is 963. The number of carbonyl (C=O) groups excluding carboxylic acids is 1. The van der Waals surface area contributed by atoms with Gasteiger partial charge >= 0.3 is 0 Å². The number of aromatic nitrogens is 2. The normalized spacial score (nSPS) is 10.3. The number of benzene rings is 2. The van der Waals surface area contributed by atoms with E-state index in [0.29, 0.717) is 28.6 Å². The molecule has 27 heavy (non-hydrogen) atoms. The van der Waals surface area contributed by atoms with Crippen LogP contribution in [0.15, 0.2) is 54.9 Å². The van der Waals surface area contributed by atoms with E-state index in [1.807, 2.05) is 18.2 Å². The molecule has 0 unspecified atom stereocenters. The maximum absolute atomic E-state index is 13.6. The van der Waals surface area contributed by atoms with Crippen molar-refractivity contribution in [1.29, 1.82) is 0 Å². The van der Waals surface area contributed by atoms with Gasteiger partial charge in [0.2, 0.25) is 5.91 Å². The summed E-state index contributed by atoms with van der Waals surface area (Å²) in [6.45, 7) is 0. The summed E-state index contributed by atoms with van der Waals surface area (Å²) in [5.74, 6) is 0.759. The van der Waals surface area contributed by atoms with Crippen molar-refractivity contribution in [3.05, 3.63) is 66.2 Å². The lowest BCUT2D eigenvalue weighted by molar-refractivity contribution is -0.115. The molecular weight excluding hydrogens is 349 g/mol. The van der Waals surface area contributed by atoms with Crippen molar-refractivity contribution in [2.45, 2.75) is 6.42 Å². The van der Waals surface area contributed by atoms with E-state index in [9.17, 15) is 9.18 Å². The minimum absolute atomic E-state index is 0.132. The molecule has 0 bridgehead atoms. The van der Waals surface area contributed by atoms with Crippen LogP contribution in [0.3, 0.4) is 0 Å². The molecule has 6 nitrogen and oxygen atoms in total. The largest absolute Gasteiger partial charge is 0.496 e. The standard InChI is InChI=1S/C20H18FN3O3/c1-26-17-6-4-3-5-13(17)9-20(25)24-19-11-16(22-12-23-19)15-10-14(21)7-8-18(15)27-2/h3-8,10-12H,9H2,1-2H3,(H,22,23,24,25). The molecule has 2 aromatic carbocycles. The average molecular weight is 367 g/mol. The predicted molar refractivity (Wildman–Crippen MR) is 99.3 cm³/mol. The van der Waals surface area contributed by atoms with Crippen LogP contribution in [0.4, 0.5) is 10.2 Å². The van der Waals surface area contributed by atoms with Gasteiger partial charge in [-0.3, -0.25) is 4.79 Å². The SMILES string of the molecule is COc1ccccc1CC(=O)Nc1cc(-c2cc(F)ccc2OC)ncn1. The third kappa shape index (κ3) is 4.38. The van der Waals surface area contributed by atoms with Crippen molar-refractivity contribution in [3.63, 3.8) is 0 Å². The molecule has 3 rings (SSSR count). The molecular formula is C20H18FN3O3. The topological polar surface area (TPSA) is 73.3 Å². The molecule has 0 aliphatic rings. The number of anilines is 1. The second kappa shape index (κ2) is 8.27. The molecule has 0 radical (unpaired) electrons. The number of nitrogens with one attached hydrogen (secondary N) is 1. The van der Waals surface area contributed by atoms with Crippen LogP contribution in [-0.2, 0) is 11.2 Å². The highest BCUT2D eigenvalue weighted by Crippen LogP contribution is 2.30. The van der Waals surface area contributed by atoms with Crippen LogP contribution in [0.25, 0.3) is 11.3 Å². The first-order valence-electron chi connectivity index (χ1n) is 8.18. The van der Waals surface area contributed by atoms with Crippen molar-refractivity contribution in [3.8, 4) is 22.8 Å². The van der Waals surface area contributed by atoms with Gasteiger partial charge in [0.05, 0.1) is 26.3 Å². The number of hydrogen-bond acceptors (Lipinski definition) is 5. The van der Waals surface area contributed by atoms with Crippen LogP contribution in [-0.4, -0.2) is 30.1 Å². The predicted octanol–water partition coefficient (Wildman–Crippen LogP) is 3.48. The van der Waals surface area contributed by atoms with Crippen LogP contribution in [0.5, 0.6) is 11.5 Å². The third-order valence-corrected chi connectivity index (χ3v) is 3.92. The first kappa shape index (κ1) is 18.3. The number of para-hydroxylation sites is 1. The van der Waals surface area contributed by atoms with Gasteiger partial charge in [-0.1, -0.05) is 18.2 Å². The van der Waals surface area contributed by atoms with Gasteiger partial charge in [-0.25, -0.2) is 14.4 Å². The summed E-state index contributed by atoms with van der Waals surface area (Å²) in [5, 5.41) is 2.72. The molecule has 1 aromatic heterocycles. The number of halogens is 1. The van der Waals surface area contributed by atoms with E-state index in [-0.39, 0.29) is 12.3 Å². The van der Waals surface area contributed by atoms with Gasteiger partial charge in [0.1, 0.15) is 29.5 Å². The fraction of sp³-hybridized carbons (Fsp3) is 0.150. The van der Waals surface area contributed by atoms with Crippen LogP contribution in [0.1, 0.15) is 5.56 Å². The van der Waals surface area contributed by atoms with E-state index in [0.717, 1.165) is 5.56 Å². The molecule has 0 saturated carbocycles. The molecule has 0 saturated heterocycles. The monoisotopic (exact) mass is 367 g/mol. The van der Waals surface area contributed by atoms with Gasteiger partial charge in [-0.15, -0.1) is 0 Å². The lowest BCUT2D eigenvalue weighted by atomic mass is 10.1. The summed E-state index contributed by atoms with van der Waals surface area (Å²) in [6, 6.07) is 13.0. The van der Waals surface area contributed by atoms with Crippen molar-refractivity contribution >= 4 is 11.7 Å². The Hall–Kier alpha value is -3.48. The Morgan fingerprint density at radius 1 is 1.04 bits per heavy atom. The van der Waals surface area contributed by atoms with Crippen LogP contribution >= 0.6 is 0 Å². The van der Waals surface area contributed by atoms with Crippen LogP contribution in [0, 0.1) is 5.82 Å². The minimum Gasteiger partial charge on any atom is -0.496 e. The second-order valence-corrected chi connectivity index (χ2v) is 5.67. The number of hydrogen-bond donors (Lipinski definition) is 1. The van der Waals surface area contributed by atoms with E-state index in [2.05, 4.69) is 15.3 Å². The highest BCUT2D eigenvalue weighted by atomic mass is 19.1. The van der Waals surface area contributed by atoms with Crippen LogP contribution < -0.4 is 14.8 Å². The zero-order valence-corrected chi connectivity index (χ0v) is 14.9. The Morgan fingerprint density at radius 2 is 1.81 bits per heavy atom. The fourth-order valence-corrected chi connectivity index (χ4v) is 2.66. The van der Waals surface area contributed by atoms with Gasteiger partial charge < -0.3 is 14.8 Å². The molecule has 0 atom stereocenters. The summed E-state index contributed by atoms with van der Waals surface area (Å²) in [6.07, 6.45) is 1.44. The summed E-state index contributed by atoms with van der Waals surface area (Å²) in [4.78, 5) is 20.6. The number of ether oxygens (including phenoxy) is 2. The maximum Gasteiger partial charge on any atom is 0.230 e. The fourth-order valence-electron chi connectivity index (χ4n) is 2.66. The third-order valence-electron chi connectivity index (χ3n) is 3.92. The first-order valence-corrected chi connectivity index (χ1v) is 8.18. The highest BCUT2D eigenvalue weighted by molar-refractivity contribution is 5.92. The molecule has 138 valence electrons. The van der Waals surface area contributed by atoms with Gasteiger partial charge in [0, 0.05) is 17.2 Å². The van der Waals surface area contributed by atoms with Gasteiger partial charge in [-0.05, 0) is 24.3 Å². The lowest BCUT2D eigenvalue weighted by Crippen LogP contribution is -2.16. The zero-order valence-electron chi connectivity index (χ0n) is 14.9. The summed E-state index contributed by atoms with van der Waals surface area (Å²) in [5.41, 5.74) is 1.67. The van der Waals surface area contributed by atoms with E-state index in [1.54, 1.807) is 19.2 Å². The molecule has 1 amide bonds. The molecule has 0 aliphatic heterocycles. The van der Waals surface area contributed by atoms with Gasteiger partial charge in [-0.2, -0.15) is 0 Å². The average Bonchev–Trinajstić information content (AvgIpc) is 2.68. The van der Waals surface area contributed by atoms with E-state index >= 15 is 0 Å². The number of nitrogens with zero attached hydrogens (tertiary/aromatic N) is 2. The number of methoxy groups -OCH3 is 2. The Kier molecular flexibility index (Phi) is 5.61. The molecule has 0 spiro atoms. The number of amides is 1. The molecule has 1 N–H and O–H groups in total. The quantitative estimate of drug-likeness (QED) is 0.722. The van der Waals surface area contributed by atoms with Gasteiger partial charge in [0.25, 0.3) is 0 Å². The van der Waals surface area contributed by atoms with Crippen molar-refractivity contribution in [1.82, 2.24) is 9.97 Å². The summed E-state index contributed by atoms with van der Waals surface area (Å²) in [7, 11) is 3.05. The Balaban J connectivity index is 1.80. The molecule has 0 fully saturated rings. The molecule has 1 heterocycles. The zero-order chi connectivity index (χ0) is 19.2. The number of rotatable bonds is 6. The number of carbonyl (C=O) groups is 1. The highest BCUT2D eigenvalue weighted by Gasteiger charge is 2.12. The second-order valence-electron chi connectivity index (χ2n) is 5.67. The molecule has 7 heteroatoms. The van der Waals surface area contributed by atoms with Crippen molar-refractivity contribution < 1.29 is 18.7 Å². The van der Waals surface area contributed by atoms with E-state index in [1.165, 1.54) is 31.6 Å². The lowest BCUT2D eigenvalue weighted by Gasteiger charge is -2.10. The molecule has 0 aliphatic carbocycles. The maximum atomic E-state index is 13.6. The smallest absolute Gasteiger partial charge is 0.230 e. The van der Waals surface area contributed by atoms with Crippen molar-refractivity contribution in [2.75, 3.05) is 19.5 Å². The van der Waals surface area contributed by atoms with E-state index in [4.69, 9.17) is 9.47 Å². The molecule has 3 aromatic rings. The Labute approximate surface area is 156 Å². The van der Waals surface area contributed by atoms with Crippen LogP contribution in [0.2, 0.25) is 0 Å².